The van der Waals surface area contributed by atoms with E-state index in [1.807, 2.05) is 27.7 Å². The van der Waals surface area contributed by atoms with E-state index in [9.17, 15) is 9.59 Å². The molecule has 0 aliphatic carbocycles. The first-order valence-electron chi connectivity index (χ1n) is 8.97. The summed E-state index contributed by atoms with van der Waals surface area (Å²) >= 11 is 0. The van der Waals surface area contributed by atoms with Gasteiger partial charge in [0.25, 0.3) is 11.8 Å². The minimum absolute atomic E-state index is 0. The van der Waals surface area contributed by atoms with Crippen LogP contribution in [0.5, 0.6) is 0 Å². The monoisotopic (exact) mass is 466 g/mol. The van der Waals surface area contributed by atoms with Gasteiger partial charge in [-0.2, -0.15) is 0 Å². The number of carbonyl (C=O) groups excluding carboxylic acids is 2. The van der Waals surface area contributed by atoms with Crippen LogP contribution in [0.2, 0.25) is 0 Å². The predicted molar refractivity (Wildman–Crippen MR) is 109 cm³/mol. The van der Waals surface area contributed by atoms with Crippen LogP contribution in [0.15, 0.2) is 49.1 Å². The van der Waals surface area contributed by atoms with Crippen molar-refractivity contribution in [2.45, 2.75) is 27.7 Å². The molecule has 0 fully saturated rings. The second kappa shape index (κ2) is 19.1. The fourth-order valence-electron chi connectivity index (χ4n) is 2.37. The molecule has 0 aliphatic heterocycles. The minimum atomic E-state index is 0. The van der Waals surface area contributed by atoms with E-state index in [0.29, 0.717) is 11.1 Å². The number of pyridine rings is 2. The molecule has 0 radical (unpaired) electrons. The smallest absolute Gasteiger partial charge is 1.00 e. The number of amides is 2. The molecule has 0 bridgehead atoms. The largest absolute Gasteiger partial charge is 2.00 e. The SMILES string of the molecule is CCN(CC)C(=O)c1cccnc1.CCN(CC)C(=O)c1cccnc1.[Ca+2].[Cl-].[Cl-]. The zero-order valence-electron chi connectivity index (χ0n) is 17.5. The summed E-state index contributed by atoms with van der Waals surface area (Å²) in [7, 11) is 0. The summed E-state index contributed by atoms with van der Waals surface area (Å²) in [6.45, 7) is 10.8. The summed E-state index contributed by atoms with van der Waals surface area (Å²) < 4.78 is 0. The van der Waals surface area contributed by atoms with Gasteiger partial charge in [0.2, 0.25) is 0 Å². The number of rotatable bonds is 6. The molecule has 29 heavy (non-hydrogen) atoms. The minimum Gasteiger partial charge on any atom is -1.00 e. The standard InChI is InChI=1S/2C10H14N2O.Ca.2ClH/c2*1-3-12(4-2)10(13)9-6-5-7-11-8-9;;;/h2*5-8H,3-4H2,1-2H3;;2*1H/q;;+2;;/p-2. The molecule has 0 aliphatic rings. The zero-order valence-corrected chi connectivity index (χ0v) is 21.2. The van der Waals surface area contributed by atoms with Gasteiger partial charge in [0.1, 0.15) is 0 Å². The van der Waals surface area contributed by atoms with E-state index in [1.54, 1.807) is 58.9 Å². The molecule has 2 rings (SSSR count). The summed E-state index contributed by atoms with van der Waals surface area (Å²) in [6, 6.07) is 7.12. The van der Waals surface area contributed by atoms with Crippen molar-refractivity contribution in [2.75, 3.05) is 26.2 Å². The van der Waals surface area contributed by atoms with Crippen LogP contribution in [0.4, 0.5) is 0 Å². The molecule has 0 N–H and O–H groups in total. The van der Waals surface area contributed by atoms with Crippen molar-refractivity contribution in [2.24, 2.45) is 0 Å². The zero-order chi connectivity index (χ0) is 19.4. The number of carbonyl (C=O) groups is 2. The van der Waals surface area contributed by atoms with E-state index >= 15 is 0 Å². The van der Waals surface area contributed by atoms with Crippen LogP contribution >= 0.6 is 0 Å². The molecule has 2 heterocycles. The maximum absolute atomic E-state index is 11.7. The van der Waals surface area contributed by atoms with Crippen LogP contribution in [0, 0.1) is 0 Å². The van der Waals surface area contributed by atoms with Gasteiger partial charge in [-0.3, -0.25) is 19.6 Å². The van der Waals surface area contributed by atoms with Crippen LogP contribution in [-0.2, 0) is 0 Å². The first-order valence-corrected chi connectivity index (χ1v) is 8.97. The van der Waals surface area contributed by atoms with E-state index in [0.717, 1.165) is 26.2 Å². The molecule has 0 saturated heterocycles. The molecule has 2 aromatic heterocycles. The summed E-state index contributed by atoms with van der Waals surface area (Å²) in [6.07, 6.45) is 6.53. The summed E-state index contributed by atoms with van der Waals surface area (Å²) in [5.74, 6) is 0.108. The number of halogens is 2. The van der Waals surface area contributed by atoms with Gasteiger partial charge >= 0.3 is 37.7 Å². The van der Waals surface area contributed by atoms with E-state index in [-0.39, 0.29) is 74.4 Å². The molecule has 0 aromatic carbocycles. The van der Waals surface area contributed by atoms with Crippen molar-refractivity contribution in [3.63, 3.8) is 0 Å². The fraction of sp³-hybridized carbons (Fsp3) is 0.400. The molecule has 156 valence electrons. The van der Waals surface area contributed by atoms with Gasteiger partial charge in [0, 0.05) is 51.0 Å². The van der Waals surface area contributed by atoms with Crippen molar-refractivity contribution < 1.29 is 34.4 Å². The molecule has 0 atom stereocenters. The second-order valence-corrected chi connectivity index (χ2v) is 5.44. The summed E-state index contributed by atoms with van der Waals surface area (Å²) in [5, 5.41) is 0. The van der Waals surface area contributed by atoms with Crippen molar-refractivity contribution >= 4 is 49.6 Å². The Balaban J connectivity index is -0.000000422. The van der Waals surface area contributed by atoms with E-state index in [4.69, 9.17) is 0 Å². The molecule has 2 amide bonds. The third-order valence-electron chi connectivity index (χ3n) is 3.92. The maximum atomic E-state index is 11.7. The number of hydrogen-bond donors (Lipinski definition) is 0. The Hall–Kier alpha value is -0.920. The van der Waals surface area contributed by atoms with Gasteiger partial charge in [-0.1, -0.05) is 0 Å². The van der Waals surface area contributed by atoms with Crippen LogP contribution in [0.1, 0.15) is 48.4 Å². The van der Waals surface area contributed by atoms with Crippen LogP contribution in [0.3, 0.4) is 0 Å². The van der Waals surface area contributed by atoms with Gasteiger partial charge in [0.15, 0.2) is 0 Å². The third kappa shape index (κ3) is 11.2. The Kier molecular flexibility index (Phi) is 21.5. The fourth-order valence-corrected chi connectivity index (χ4v) is 2.37. The summed E-state index contributed by atoms with van der Waals surface area (Å²) in [5.41, 5.74) is 1.32. The van der Waals surface area contributed by atoms with Crippen molar-refractivity contribution in [3.05, 3.63) is 60.2 Å². The molecular formula is C20H28CaCl2N4O2. The van der Waals surface area contributed by atoms with Crippen molar-refractivity contribution in [3.8, 4) is 0 Å². The molecule has 0 saturated carbocycles. The molecule has 9 heteroatoms. The maximum Gasteiger partial charge on any atom is 2.00 e. The van der Waals surface area contributed by atoms with Gasteiger partial charge in [-0.25, -0.2) is 0 Å². The quantitative estimate of drug-likeness (QED) is 0.419. The van der Waals surface area contributed by atoms with Crippen molar-refractivity contribution in [1.29, 1.82) is 0 Å². The van der Waals surface area contributed by atoms with E-state index in [2.05, 4.69) is 9.97 Å². The number of hydrogen-bond acceptors (Lipinski definition) is 4. The Labute approximate surface area is 216 Å². The van der Waals surface area contributed by atoms with Gasteiger partial charge in [-0.05, 0) is 52.0 Å². The van der Waals surface area contributed by atoms with E-state index < -0.39 is 0 Å². The molecular weight excluding hydrogens is 439 g/mol. The molecule has 0 unspecified atom stereocenters. The average Bonchev–Trinajstić information content (AvgIpc) is 2.71. The van der Waals surface area contributed by atoms with E-state index in [1.165, 1.54) is 0 Å². The molecule has 0 spiro atoms. The second-order valence-electron chi connectivity index (χ2n) is 5.44. The molecule has 6 nitrogen and oxygen atoms in total. The van der Waals surface area contributed by atoms with Crippen LogP contribution in [-0.4, -0.2) is 95.5 Å². The first-order chi connectivity index (χ1) is 12.6. The first kappa shape index (κ1) is 32.7. The Morgan fingerprint density at radius 1 is 0.724 bits per heavy atom. The predicted octanol–water partition coefficient (Wildman–Crippen LogP) is -3.25. The normalized spacial score (nSPS) is 8.69. The average molecular weight is 467 g/mol. The Morgan fingerprint density at radius 2 is 1.03 bits per heavy atom. The van der Waals surface area contributed by atoms with Crippen molar-refractivity contribution in [1.82, 2.24) is 19.8 Å². The number of nitrogens with zero attached hydrogens (tertiary/aromatic N) is 4. The van der Waals surface area contributed by atoms with Gasteiger partial charge in [-0.15, -0.1) is 0 Å². The topological polar surface area (TPSA) is 66.4 Å². The van der Waals surface area contributed by atoms with Crippen LogP contribution in [0.25, 0.3) is 0 Å². The Bertz CT molecular complexity index is 611. The number of aromatic nitrogens is 2. The summed E-state index contributed by atoms with van der Waals surface area (Å²) in [4.78, 5) is 34.8. The van der Waals surface area contributed by atoms with Crippen LogP contribution < -0.4 is 24.8 Å². The van der Waals surface area contributed by atoms with Gasteiger partial charge < -0.3 is 34.6 Å². The third-order valence-corrected chi connectivity index (χ3v) is 3.92. The molecule has 2 aromatic rings. The van der Waals surface area contributed by atoms with Gasteiger partial charge in [0.05, 0.1) is 11.1 Å². The Morgan fingerprint density at radius 3 is 1.24 bits per heavy atom.